The van der Waals surface area contributed by atoms with E-state index in [2.05, 4.69) is 5.32 Å². The summed E-state index contributed by atoms with van der Waals surface area (Å²) in [7, 11) is 0. The normalized spacial score (nSPS) is 18.5. The van der Waals surface area contributed by atoms with Gasteiger partial charge in [0.05, 0.1) is 0 Å². The lowest BCUT2D eigenvalue weighted by molar-refractivity contribution is -0.137. The van der Waals surface area contributed by atoms with Gasteiger partial charge in [0.25, 0.3) is 0 Å². The Kier molecular flexibility index (Phi) is 5.59. The SMILES string of the molecule is CC(C)C(=O)N1CCC(C(=O)Nc2cccc(N3CCCC3=O)c2)CC1. The minimum atomic E-state index is -0.0803. The summed E-state index contributed by atoms with van der Waals surface area (Å²) in [6.45, 7) is 5.81. The van der Waals surface area contributed by atoms with E-state index < -0.39 is 0 Å². The van der Waals surface area contributed by atoms with Crippen LogP contribution in [-0.2, 0) is 14.4 Å². The molecule has 0 aromatic heterocycles. The van der Waals surface area contributed by atoms with Crippen LogP contribution in [0.1, 0.15) is 39.5 Å². The van der Waals surface area contributed by atoms with Gasteiger partial charge in [-0.1, -0.05) is 19.9 Å². The standard InChI is InChI=1S/C20H27N3O3/c1-14(2)20(26)22-11-8-15(9-12-22)19(25)21-16-5-3-6-17(13-16)23-10-4-7-18(23)24/h3,5-6,13-15H,4,7-12H2,1-2H3,(H,21,25). The topological polar surface area (TPSA) is 69.7 Å². The number of nitrogens with one attached hydrogen (secondary N) is 1. The van der Waals surface area contributed by atoms with Crippen molar-refractivity contribution >= 4 is 29.1 Å². The molecule has 0 radical (unpaired) electrons. The molecule has 1 N–H and O–H groups in total. The van der Waals surface area contributed by atoms with Crippen LogP contribution in [0.5, 0.6) is 0 Å². The van der Waals surface area contributed by atoms with E-state index in [4.69, 9.17) is 0 Å². The Morgan fingerprint density at radius 2 is 1.88 bits per heavy atom. The van der Waals surface area contributed by atoms with Gasteiger partial charge in [-0.3, -0.25) is 14.4 Å². The van der Waals surface area contributed by atoms with Crippen LogP contribution in [0, 0.1) is 11.8 Å². The number of nitrogens with zero attached hydrogens (tertiary/aromatic N) is 2. The Bertz CT molecular complexity index is 693. The van der Waals surface area contributed by atoms with Crippen LogP contribution >= 0.6 is 0 Å². The highest BCUT2D eigenvalue weighted by Crippen LogP contribution is 2.26. The average molecular weight is 357 g/mol. The van der Waals surface area contributed by atoms with E-state index in [1.807, 2.05) is 43.0 Å². The predicted molar refractivity (Wildman–Crippen MR) is 101 cm³/mol. The first-order chi connectivity index (χ1) is 12.5. The van der Waals surface area contributed by atoms with Crippen LogP contribution in [0.2, 0.25) is 0 Å². The number of carbonyl (C=O) groups is 3. The molecule has 2 fully saturated rings. The van der Waals surface area contributed by atoms with Gasteiger partial charge in [-0.2, -0.15) is 0 Å². The second-order valence-corrected chi connectivity index (χ2v) is 7.44. The Hall–Kier alpha value is -2.37. The summed E-state index contributed by atoms with van der Waals surface area (Å²) in [5, 5.41) is 2.98. The fourth-order valence-electron chi connectivity index (χ4n) is 3.64. The molecule has 0 spiro atoms. The Labute approximate surface area is 154 Å². The molecule has 0 bridgehead atoms. The molecule has 2 aliphatic rings. The summed E-state index contributed by atoms with van der Waals surface area (Å²) < 4.78 is 0. The zero-order valence-electron chi connectivity index (χ0n) is 15.5. The zero-order valence-corrected chi connectivity index (χ0v) is 15.5. The molecule has 1 aromatic carbocycles. The third-order valence-corrected chi connectivity index (χ3v) is 5.17. The first-order valence-electron chi connectivity index (χ1n) is 9.46. The first kappa shape index (κ1) is 18.4. The van der Waals surface area contributed by atoms with Gasteiger partial charge in [0, 0.05) is 49.3 Å². The van der Waals surface area contributed by atoms with Crippen molar-refractivity contribution < 1.29 is 14.4 Å². The summed E-state index contributed by atoms with van der Waals surface area (Å²) >= 11 is 0. The number of likely N-dealkylation sites (tertiary alicyclic amines) is 1. The van der Waals surface area contributed by atoms with E-state index in [0.717, 1.165) is 18.7 Å². The number of hydrogen-bond donors (Lipinski definition) is 1. The summed E-state index contributed by atoms with van der Waals surface area (Å²) in [5.74, 6) is 0.203. The fourth-order valence-corrected chi connectivity index (χ4v) is 3.64. The molecule has 6 nitrogen and oxygen atoms in total. The highest BCUT2D eigenvalue weighted by atomic mass is 16.2. The van der Waals surface area contributed by atoms with E-state index in [9.17, 15) is 14.4 Å². The predicted octanol–water partition coefficient (Wildman–Crippen LogP) is 2.65. The van der Waals surface area contributed by atoms with Gasteiger partial charge >= 0.3 is 0 Å². The smallest absolute Gasteiger partial charge is 0.227 e. The summed E-state index contributed by atoms with van der Waals surface area (Å²) in [6.07, 6.45) is 2.84. The quantitative estimate of drug-likeness (QED) is 0.901. The van der Waals surface area contributed by atoms with Crippen LogP contribution in [0.25, 0.3) is 0 Å². The van der Waals surface area contributed by atoms with E-state index in [1.165, 1.54) is 0 Å². The monoisotopic (exact) mass is 357 g/mol. The minimum Gasteiger partial charge on any atom is -0.342 e. The number of benzene rings is 1. The largest absolute Gasteiger partial charge is 0.342 e. The number of rotatable bonds is 4. The van der Waals surface area contributed by atoms with Crippen LogP contribution in [0.3, 0.4) is 0 Å². The molecule has 0 unspecified atom stereocenters. The van der Waals surface area contributed by atoms with Crippen molar-refractivity contribution in [3.63, 3.8) is 0 Å². The molecule has 2 aliphatic heterocycles. The lowest BCUT2D eigenvalue weighted by Gasteiger charge is -2.32. The Morgan fingerprint density at radius 1 is 1.15 bits per heavy atom. The molecule has 0 aliphatic carbocycles. The van der Waals surface area contributed by atoms with Crippen molar-refractivity contribution in [1.82, 2.24) is 4.90 Å². The molecule has 26 heavy (non-hydrogen) atoms. The molecular weight excluding hydrogens is 330 g/mol. The fraction of sp³-hybridized carbons (Fsp3) is 0.550. The average Bonchev–Trinajstić information content (AvgIpc) is 3.07. The Morgan fingerprint density at radius 3 is 2.50 bits per heavy atom. The Balaban J connectivity index is 1.57. The highest BCUT2D eigenvalue weighted by Gasteiger charge is 2.28. The van der Waals surface area contributed by atoms with Gasteiger partial charge in [0.2, 0.25) is 17.7 Å². The highest BCUT2D eigenvalue weighted by molar-refractivity contribution is 5.97. The van der Waals surface area contributed by atoms with Gasteiger partial charge in [0.15, 0.2) is 0 Å². The first-order valence-corrected chi connectivity index (χ1v) is 9.46. The van der Waals surface area contributed by atoms with Crippen LogP contribution in [0.15, 0.2) is 24.3 Å². The zero-order chi connectivity index (χ0) is 18.7. The molecule has 1 aromatic rings. The minimum absolute atomic E-state index is 0.00332. The van der Waals surface area contributed by atoms with Crippen molar-refractivity contribution in [3.05, 3.63) is 24.3 Å². The van der Waals surface area contributed by atoms with E-state index in [0.29, 0.717) is 38.0 Å². The lowest BCUT2D eigenvalue weighted by Crippen LogP contribution is -2.43. The van der Waals surface area contributed by atoms with Crippen molar-refractivity contribution in [2.45, 2.75) is 39.5 Å². The molecule has 140 valence electrons. The van der Waals surface area contributed by atoms with Crippen molar-refractivity contribution in [2.75, 3.05) is 29.9 Å². The van der Waals surface area contributed by atoms with Crippen molar-refractivity contribution in [3.8, 4) is 0 Å². The molecule has 3 amide bonds. The van der Waals surface area contributed by atoms with Crippen molar-refractivity contribution in [1.29, 1.82) is 0 Å². The number of hydrogen-bond acceptors (Lipinski definition) is 3. The van der Waals surface area contributed by atoms with Crippen LogP contribution < -0.4 is 10.2 Å². The van der Waals surface area contributed by atoms with Gasteiger partial charge in [-0.05, 0) is 37.5 Å². The molecule has 0 saturated carbocycles. The molecule has 2 saturated heterocycles. The van der Waals surface area contributed by atoms with E-state index in [-0.39, 0.29) is 29.6 Å². The van der Waals surface area contributed by atoms with Gasteiger partial charge in [-0.25, -0.2) is 0 Å². The molecule has 3 rings (SSSR count). The maximum Gasteiger partial charge on any atom is 0.227 e. The molecule has 6 heteroatoms. The second kappa shape index (κ2) is 7.89. The maximum atomic E-state index is 12.6. The maximum absolute atomic E-state index is 12.6. The molecule has 2 heterocycles. The van der Waals surface area contributed by atoms with Gasteiger partial charge in [-0.15, -0.1) is 0 Å². The molecule has 0 atom stereocenters. The lowest BCUT2D eigenvalue weighted by atomic mass is 9.95. The van der Waals surface area contributed by atoms with Crippen LogP contribution in [0.4, 0.5) is 11.4 Å². The number of anilines is 2. The molecular formula is C20H27N3O3. The third-order valence-electron chi connectivity index (χ3n) is 5.17. The van der Waals surface area contributed by atoms with Gasteiger partial charge < -0.3 is 15.1 Å². The van der Waals surface area contributed by atoms with Crippen molar-refractivity contribution in [2.24, 2.45) is 11.8 Å². The summed E-state index contributed by atoms with van der Waals surface area (Å²) in [6, 6.07) is 7.47. The number of piperidine rings is 1. The van der Waals surface area contributed by atoms with Gasteiger partial charge in [0.1, 0.15) is 0 Å². The van der Waals surface area contributed by atoms with Crippen LogP contribution in [-0.4, -0.2) is 42.3 Å². The number of carbonyl (C=O) groups excluding carboxylic acids is 3. The summed E-state index contributed by atoms with van der Waals surface area (Å²) in [4.78, 5) is 40.1. The van der Waals surface area contributed by atoms with E-state index in [1.54, 1.807) is 4.90 Å². The third kappa shape index (κ3) is 4.06. The second-order valence-electron chi connectivity index (χ2n) is 7.44. The number of amides is 3. The van der Waals surface area contributed by atoms with E-state index >= 15 is 0 Å². The summed E-state index contributed by atoms with van der Waals surface area (Å²) in [5.41, 5.74) is 1.55.